The van der Waals surface area contributed by atoms with Gasteiger partial charge in [0.05, 0.1) is 4.92 Å². The molecule has 21 heavy (non-hydrogen) atoms. The van der Waals surface area contributed by atoms with Gasteiger partial charge in [0, 0.05) is 19.0 Å². The van der Waals surface area contributed by atoms with Crippen LogP contribution in [0.2, 0.25) is 0 Å². The number of halogens is 1. The predicted octanol–water partition coefficient (Wildman–Crippen LogP) is 2.38. The SMILES string of the molecule is CC(C)C1CC(=O)N(C(=O)c2cc(F)ccc2[N+](=O)[O-])C1. The molecular weight excluding hydrogens is 279 g/mol. The second-order valence-corrected chi connectivity index (χ2v) is 5.44. The topological polar surface area (TPSA) is 80.5 Å². The van der Waals surface area contributed by atoms with Gasteiger partial charge in [-0.25, -0.2) is 4.39 Å². The van der Waals surface area contributed by atoms with Gasteiger partial charge in [-0.05, 0) is 24.0 Å². The molecule has 6 nitrogen and oxygen atoms in total. The monoisotopic (exact) mass is 294 g/mol. The molecule has 0 N–H and O–H groups in total. The second kappa shape index (κ2) is 5.59. The van der Waals surface area contributed by atoms with Crippen molar-refractivity contribution < 1.29 is 18.9 Å². The Balaban J connectivity index is 2.35. The van der Waals surface area contributed by atoms with Crippen LogP contribution in [0.3, 0.4) is 0 Å². The van der Waals surface area contributed by atoms with Crippen molar-refractivity contribution in [1.82, 2.24) is 4.90 Å². The molecule has 0 aliphatic carbocycles. The van der Waals surface area contributed by atoms with Gasteiger partial charge in [-0.1, -0.05) is 13.8 Å². The van der Waals surface area contributed by atoms with Crippen molar-refractivity contribution >= 4 is 17.5 Å². The van der Waals surface area contributed by atoms with Gasteiger partial charge in [0.1, 0.15) is 11.4 Å². The summed E-state index contributed by atoms with van der Waals surface area (Å²) in [5.41, 5.74) is -0.889. The number of carbonyl (C=O) groups is 2. The fraction of sp³-hybridized carbons (Fsp3) is 0.429. The Kier molecular flexibility index (Phi) is 4.02. The molecule has 2 amide bonds. The lowest BCUT2D eigenvalue weighted by atomic mass is 9.95. The van der Waals surface area contributed by atoms with Crippen molar-refractivity contribution in [3.05, 3.63) is 39.7 Å². The Hall–Kier alpha value is -2.31. The van der Waals surface area contributed by atoms with Crippen LogP contribution < -0.4 is 0 Å². The largest absolute Gasteiger partial charge is 0.282 e. The fourth-order valence-corrected chi connectivity index (χ4v) is 2.36. The Labute approximate surface area is 120 Å². The van der Waals surface area contributed by atoms with Gasteiger partial charge in [-0.3, -0.25) is 24.6 Å². The van der Waals surface area contributed by atoms with E-state index in [0.29, 0.717) is 0 Å². The maximum atomic E-state index is 13.3. The van der Waals surface area contributed by atoms with E-state index < -0.39 is 27.9 Å². The highest BCUT2D eigenvalue weighted by Crippen LogP contribution is 2.28. The van der Waals surface area contributed by atoms with Crippen LogP contribution in [0.15, 0.2) is 18.2 Å². The standard InChI is InChI=1S/C14H15FN2O4/c1-8(2)9-5-13(18)16(7-9)14(19)11-6-10(15)3-4-12(11)17(20)21/h3-4,6,8-9H,5,7H2,1-2H3. The maximum absolute atomic E-state index is 13.3. The smallest absolute Gasteiger partial charge is 0.278 e. The number of nitro benzene ring substituents is 1. The normalized spacial score (nSPS) is 18.4. The van der Waals surface area contributed by atoms with Gasteiger partial charge < -0.3 is 0 Å². The first-order valence-electron chi connectivity index (χ1n) is 6.60. The van der Waals surface area contributed by atoms with Crippen LogP contribution in [0.5, 0.6) is 0 Å². The molecule has 0 radical (unpaired) electrons. The summed E-state index contributed by atoms with van der Waals surface area (Å²) >= 11 is 0. The number of amides is 2. The predicted molar refractivity (Wildman–Crippen MR) is 72.0 cm³/mol. The second-order valence-electron chi connectivity index (χ2n) is 5.44. The average Bonchev–Trinajstić information content (AvgIpc) is 2.79. The number of hydrogen-bond acceptors (Lipinski definition) is 4. The quantitative estimate of drug-likeness (QED) is 0.487. The number of imide groups is 1. The number of nitrogens with zero attached hydrogens (tertiary/aromatic N) is 2. The van der Waals surface area contributed by atoms with E-state index in [0.717, 1.165) is 23.1 Å². The van der Waals surface area contributed by atoms with Crippen molar-refractivity contribution in [2.24, 2.45) is 11.8 Å². The first-order valence-corrected chi connectivity index (χ1v) is 6.60. The van der Waals surface area contributed by atoms with Crippen LogP contribution in [-0.2, 0) is 4.79 Å². The molecule has 1 atom stereocenters. The van der Waals surface area contributed by atoms with E-state index in [1.807, 2.05) is 13.8 Å². The first kappa shape index (κ1) is 15.1. The van der Waals surface area contributed by atoms with E-state index in [4.69, 9.17) is 0 Å². The number of nitro groups is 1. The third-order valence-electron chi connectivity index (χ3n) is 3.73. The first-order chi connectivity index (χ1) is 9.81. The highest BCUT2D eigenvalue weighted by molar-refractivity contribution is 6.07. The van der Waals surface area contributed by atoms with Crippen LogP contribution >= 0.6 is 0 Å². The van der Waals surface area contributed by atoms with Gasteiger partial charge in [0.15, 0.2) is 0 Å². The molecule has 1 fully saturated rings. The maximum Gasteiger partial charge on any atom is 0.282 e. The molecule has 0 aromatic heterocycles. The summed E-state index contributed by atoms with van der Waals surface area (Å²) in [5.74, 6) is -1.70. The van der Waals surface area contributed by atoms with Crippen molar-refractivity contribution in [2.75, 3.05) is 6.54 Å². The van der Waals surface area contributed by atoms with Crippen molar-refractivity contribution in [2.45, 2.75) is 20.3 Å². The minimum atomic E-state index is -0.811. The van der Waals surface area contributed by atoms with Crippen LogP contribution in [-0.4, -0.2) is 28.2 Å². The van der Waals surface area contributed by atoms with E-state index in [-0.39, 0.29) is 30.7 Å². The highest BCUT2D eigenvalue weighted by atomic mass is 19.1. The van der Waals surface area contributed by atoms with E-state index in [1.54, 1.807) is 0 Å². The average molecular weight is 294 g/mol. The summed E-state index contributed by atoms with van der Waals surface area (Å²) < 4.78 is 13.3. The van der Waals surface area contributed by atoms with Crippen molar-refractivity contribution in [3.8, 4) is 0 Å². The lowest BCUT2D eigenvalue weighted by Crippen LogP contribution is -2.33. The van der Waals surface area contributed by atoms with E-state index in [1.165, 1.54) is 0 Å². The Morgan fingerprint density at radius 3 is 2.67 bits per heavy atom. The Morgan fingerprint density at radius 2 is 2.14 bits per heavy atom. The van der Waals surface area contributed by atoms with Crippen molar-refractivity contribution in [1.29, 1.82) is 0 Å². The number of carbonyl (C=O) groups excluding carboxylic acids is 2. The summed E-state index contributed by atoms with van der Waals surface area (Å²) in [6.45, 7) is 4.09. The molecule has 1 unspecified atom stereocenters. The molecule has 112 valence electrons. The molecule has 2 rings (SSSR count). The number of benzene rings is 1. The lowest BCUT2D eigenvalue weighted by Gasteiger charge is -2.16. The zero-order valence-corrected chi connectivity index (χ0v) is 11.7. The summed E-state index contributed by atoms with van der Waals surface area (Å²) in [4.78, 5) is 35.4. The van der Waals surface area contributed by atoms with Gasteiger partial charge in [-0.15, -0.1) is 0 Å². The number of likely N-dealkylation sites (tertiary alicyclic amines) is 1. The van der Waals surface area contributed by atoms with Gasteiger partial charge >= 0.3 is 0 Å². The van der Waals surface area contributed by atoms with Crippen LogP contribution in [0.1, 0.15) is 30.6 Å². The molecule has 1 heterocycles. The highest BCUT2D eigenvalue weighted by Gasteiger charge is 2.37. The third kappa shape index (κ3) is 2.91. The molecule has 1 aromatic carbocycles. The fourth-order valence-electron chi connectivity index (χ4n) is 2.36. The minimum Gasteiger partial charge on any atom is -0.278 e. The summed E-state index contributed by atoms with van der Waals surface area (Å²) in [6, 6.07) is 2.65. The Morgan fingerprint density at radius 1 is 1.48 bits per heavy atom. The van der Waals surface area contributed by atoms with E-state index >= 15 is 0 Å². The molecule has 1 aliphatic rings. The zero-order chi connectivity index (χ0) is 15.7. The zero-order valence-electron chi connectivity index (χ0n) is 11.7. The van der Waals surface area contributed by atoms with Crippen LogP contribution in [0.4, 0.5) is 10.1 Å². The van der Waals surface area contributed by atoms with Crippen LogP contribution in [0.25, 0.3) is 0 Å². The van der Waals surface area contributed by atoms with Gasteiger partial charge in [-0.2, -0.15) is 0 Å². The Bertz CT molecular complexity index is 615. The summed E-state index contributed by atoms with van der Waals surface area (Å²) in [6.07, 6.45) is 0.229. The summed E-state index contributed by atoms with van der Waals surface area (Å²) in [7, 11) is 0. The molecule has 0 bridgehead atoms. The molecule has 0 saturated carbocycles. The molecule has 1 aliphatic heterocycles. The van der Waals surface area contributed by atoms with Crippen molar-refractivity contribution in [3.63, 3.8) is 0 Å². The lowest BCUT2D eigenvalue weighted by molar-refractivity contribution is -0.385. The minimum absolute atomic E-state index is 0.0223. The molecule has 1 saturated heterocycles. The number of rotatable bonds is 3. The molecule has 0 spiro atoms. The van der Waals surface area contributed by atoms with Gasteiger partial charge in [0.25, 0.3) is 11.6 Å². The molecule has 1 aromatic rings. The molecular formula is C14H15FN2O4. The van der Waals surface area contributed by atoms with Gasteiger partial charge in [0.2, 0.25) is 5.91 Å². The summed E-state index contributed by atoms with van der Waals surface area (Å²) in [5, 5.41) is 10.9. The third-order valence-corrected chi connectivity index (χ3v) is 3.73. The van der Waals surface area contributed by atoms with E-state index in [2.05, 4.69) is 0 Å². The number of hydrogen-bond donors (Lipinski definition) is 0. The van der Waals surface area contributed by atoms with Crippen LogP contribution in [0, 0.1) is 27.8 Å². The molecule has 7 heteroatoms. The van der Waals surface area contributed by atoms with E-state index in [9.17, 15) is 24.1 Å².